The molecule has 0 aliphatic carbocycles. The van der Waals surface area contributed by atoms with Gasteiger partial charge in [-0.05, 0) is 40.8 Å². The zero-order chi connectivity index (χ0) is 19.0. The van der Waals surface area contributed by atoms with Crippen molar-refractivity contribution in [2.75, 3.05) is 0 Å². The molecule has 0 saturated carbocycles. The van der Waals surface area contributed by atoms with Crippen LogP contribution in [0.2, 0.25) is 0 Å². The lowest BCUT2D eigenvalue weighted by Crippen LogP contribution is -2.19. The van der Waals surface area contributed by atoms with Crippen LogP contribution in [0, 0.1) is 6.92 Å². The molecule has 0 spiro atoms. The second-order valence-corrected chi connectivity index (χ2v) is 6.51. The van der Waals surface area contributed by atoms with Gasteiger partial charge in [0.05, 0.1) is 0 Å². The van der Waals surface area contributed by atoms with E-state index in [-0.39, 0.29) is 5.75 Å². The van der Waals surface area contributed by atoms with Gasteiger partial charge in [-0.2, -0.15) is 0 Å². The minimum atomic E-state index is -1.51. The van der Waals surface area contributed by atoms with Gasteiger partial charge in [-0.1, -0.05) is 60.7 Å². The van der Waals surface area contributed by atoms with Crippen LogP contribution in [0.25, 0.3) is 21.5 Å². The lowest BCUT2D eigenvalue weighted by atomic mass is 10.00. The van der Waals surface area contributed by atoms with E-state index in [1.54, 1.807) is 12.1 Å². The first kappa shape index (κ1) is 17.1. The van der Waals surface area contributed by atoms with Crippen molar-refractivity contribution in [3.8, 4) is 11.5 Å². The van der Waals surface area contributed by atoms with Crippen molar-refractivity contribution in [2.24, 2.45) is 0 Å². The number of benzene rings is 4. The molecule has 1 unspecified atom stereocenters. The summed E-state index contributed by atoms with van der Waals surface area (Å²) in [5, 5.41) is 23.8. The van der Waals surface area contributed by atoms with Crippen molar-refractivity contribution in [1.82, 2.24) is 0 Å². The van der Waals surface area contributed by atoms with E-state index in [0.29, 0.717) is 16.7 Å². The lowest BCUT2D eigenvalue weighted by molar-refractivity contribution is -0.143. The Hall–Kier alpha value is -3.37. The van der Waals surface area contributed by atoms with Crippen molar-refractivity contribution in [3.63, 3.8) is 0 Å². The van der Waals surface area contributed by atoms with Gasteiger partial charge in [-0.25, -0.2) is 4.79 Å². The van der Waals surface area contributed by atoms with Crippen molar-refractivity contribution in [3.05, 3.63) is 83.9 Å². The molecule has 0 aliphatic rings. The van der Waals surface area contributed by atoms with E-state index in [2.05, 4.69) is 0 Å². The summed E-state index contributed by atoms with van der Waals surface area (Å²) >= 11 is 0. The van der Waals surface area contributed by atoms with Gasteiger partial charge >= 0.3 is 5.97 Å². The number of esters is 1. The van der Waals surface area contributed by atoms with Crippen molar-refractivity contribution < 1.29 is 19.7 Å². The molecule has 4 aromatic rings. The van der Waals surface area contributed by atoms with E-state index in [1.165, 1.54) is 6.07 Å². The quantitative estimate of drug-likeness (QED) is 0.413. The third-order valence-electron chi connectivity index (χ3n) is 4.68. The third kappa shape index (κ3) is 3.11. The molecular weight excluding hydrogens is 340 g/mol. The summed E-state index contributed by atoms with van der Waals surface area (Å²) in [7, 11) is 0. The highest BCUT2D eigenvalue weighted by molar-refractivity contribution is 5.95. The Morgan fingerprint density at radius 1 is 0.889 bits per heavy atom. The summed E-state index contributed by atoms with van der Waals surface area (Å²) in [6.07, 6.45) is -1.51. The zero-order valence-electron chi connectivity index (χ0n) is 14.7. The van der Waals surface area contributed by atoms with Crippen LogP contribution in [0.15, 0.2) is 72.8 Å². The predicted molar refractivity (Wildman–Crippen MR) is 105 cm³/mol. The van der Waals surface area contributed by atoms with Gasteiger partial charge in [0, 0.05) is 10.9 Å². The molecule has 1 atom stereocenters. The lowest BCUT2D eigenvalue weighted by Gasteiger charge is -2.16. The molecule has 0 amide bonds. The molecule has 0 saturated heterocycles. The molecular formula is C23H18O4. The van der Waals surface area contributed by atoms with Crippen molar-refractivity contribution >= 4 is 27.5 Å². The summed E-state index contributed by atoms with van der Waals surface area (Å²) in [5.74, 6) is -0.372. The second kappa shape index (κ2) is 6.74. The average Bonchev–Trinajstić information content (AvgIpc) is 2.68. The number of carbonyl (C=O) groups excluding carboxylic acids is 1. The van der Waals surface area contributed by atoms with E-state index in [1.807, 2.05) is 61.5 Å². The van der Waals surface area contributed by atoms with E-state index < -0.39 is 12.1 Å². The molecule has 4 rings (SSSR count). The summed E-state index contributed by atoms with van der Waals surface area (Å²) in [4.78, 5) is 12.7. The Bertz CT molecular complexity index is 1160. The number of carbonyl (C=O) groups is 1. The van der Waals surface area contributed by atoms with Gasteiger partial charge in [-0.15, -0.1) is 0 Å². The van der Waals surface area contributed by atoms with Crippen LogP contribution in [-0.4, -0.2) is 16.2 Å². The molecule has 4 aromatic carbocycles. The minimum absolute atomic E-state index is 0.0168. The second-order valence-electron chi connectivity index (χ2n) is 6.51. The first-order valence-corrected chi connectivity index (χ1v) is 8.64. The molecule has 0 radical (unpaired) electrons. The molecule has 2 N–H and O–H groups in total. The molecule has 0 aliphatic heterocycles. The maximum Gasteiger partial charge on any atom is 0.345 e. The zero-order valence-corrected chi connectivity index (χ0v) is 14.7. The topological polar surface area (TPSA) is 66.8 Å². The third-order valence-corrected chi connectivity index (χ3v) is 4.68. The van der Waals surface area contributed by atoms with E-state index >= 15 is 0 Å². The Kier molecular flexibility index (Phi) is 4.26. The molecule has 0 aromatic heterocycles. The van der Waals surface area contributed by atoms with E-state index in [9.17, 15) is 15.0 Å². The Morgan fingerprint density at radius 2 is 1.56 bits per heavy atom. The largest absolute Gasteiger partial charge is 0.508 e. The highest BCUT2D eigenvalue weighted by atomic mass is 16.5. The summed E-state index contributed by atoms with van der Waals surface area (Å²) in [6.45, 7) is 1.85. The number of aliphatic hydroxyl groups excluding tert-OH is 1. The van der Waals surface area contributed by atoms with Crippen molar-refractivity contribution in [2.45, 2.75) is 13.0 Å². The van der Waals surface area contributed by atoms with E-state index in [4.69, 9.17) is 4.74 Å². The van der Waals surface area contributed by atoms with Crippen LogP contribution in [-0.2, 0) is 4.79 Å². The fourth-order valence-electron chi connectivity index (χ4n) is 3.32. The maximum absolute atomic E-state index is 12.7. The smallest absolute Gasteiger partial charge is 0.345 e. The molecule has 27 heavy (non-hydrogen) atoms. The number of hydrogen-bond acceptors (Lipinski definition) is 4. The van der Waals surface area contributed by atoms with Gasteiger partial charge in [0.2, 0.25) is 0 Å². The molecule has 0 bridgehead atoms. The van der Waals surface area contributed by atoms with Crippen LogP contribution in [0.1, 0.15) is 17.2 Å². The number of phenolic OH excluding ortho intramolecular Hbond substituents is 1. The fourth-order valence-corrected chi connectivity index (χ4v) is 3.32. The first-order valence-electron chi connectivity index (χ1n) is 8.64. The highest BCUT2D eigenvalue weighted by Gasteiger charge is 2.24. The molecule has 4 nitrogen and oxygen atoms in total. The van der Waals surface area contributed by atoms with Crippen LogP contribution in [0.3, 0.4) is 0 Å². The number of hydrogen-bond donors (Lipinski definition) is 2. The number of aryl methyl sites for hydroxylation is 1. The Morgan fingerprint density at radius 3 is 2.33 bits per heavy atom. The van der Waals surface area contributed by atoms with Crippen LogP contribution in [0.5, 0.6) is 11.5 Å². The fraction of sp³-hybridized carbons (Fsp3) is 0.0870. The van der Waals surface area contributed by atoms with Crippen molar-refractivity contribution in [1.29, 1.82) is 0 Å². The highest BCUT2D eigenvalue weighted by Crippen LogP contribution is 2.33. The van der Waals surface area contributed by atoms with Gasteiger partial charge in [0.15, 0.2) is 6.10 Å². The number of rotatable bonds is 3. The Balaban J connectivity index is 1.74. The van der Waals surface area contributed by atoms with Crippen LogP contribution in [0.4, 0.5) is 0 Å². The number of fused-ring (bicyclic) bond motifs is 2. The molecule has 134 valence electrons. The monoisotopic (exact) mass is 358 g/mol. The average molecular weight is 358 g/mol. The number of aliphatic hydroxyl groups is 1. The number of aromatic hydroxyl groups is 1. The number of phenols is 1. The first-order chi connectivity index (χ1) is 13.0. The molecule has 0 heterocycles. The minimum Gasteiger partial charge on any atom is -0.508 e. The summed E-state index contributed by atoms with van der Waals surface area (Å²) < 4.78 is 5.59. The molecule has 0 fully saturated rings. The summed E-state index contributed by atoms with van der Waals surface area (Å²) in [6, 6.07) is 21.7. The Labute approximate surface area is 156 Å². The van der Waals surface area contributed by atoms with Gasteiger partial charge in [-0.3, -0.25) is 0 Å². The molecule has 4 heteroatoms. The maximum atomic E-state index is 12.7. The summed E-state index contributed by atoms with van der Waals surface area (Å²) in [5.41, 5.74) is 1.11. The normalized spacial score (nSPS) is 12.2. The SMILES string of the molecule is Cc1ccc2ccccc2c1OC(=O)C(O)c1cc(O)cc2ccccc12. The van der Waals surface area contributed by atoms with Gasteiger partial charge < -0.3 is 14.9 Å². The van der Waals surface area contributed by atoms with Gasteiger partial charge in [0.25, 0.3) is 0 Å². The standard InChI is InChI=1S/C23H18O4/c1-14-10-11-15-6-2-5-9-19(15)22(14)27-23(26)21(25)20-13-17(24)12-16-7-3-4-8-18(16)20/h2-13,21,24-25H,1H3. The van der Waals surface area contributed by atoms with Gasteiger partial charge in [0.1, 0.15) is 11.5 Å². The van der Waals surface area contributed by atoms with E-state index in [0.717, 1.165) is 21.7 Å². The number of ether oxygens (including phenoxy) is 1. The predicted octanol–water partition coefficient (Wildman–Crippen LogP) is 4.65. The van der Waals surface area contributed by atoms with Crippen LogP contribution < -0.4 is 4.74 Å². The van der Waals surface area contributed by atoms with Crippen LogP contribution >= 0.6 is 0 Å².